The van der Waals surface area contributed by atoms with E-state index >= 15 is 0 Å². The summed E-state index contributed by atoms with van der Waals surface area (Å²) in [4.78, 5) is 13.9. The number of hydrogen-bond donors (Lipinski definition) is 0. The van der Waals surface area contributed by atoms with Crippen LogP contribution >= 0.6 is 0 Å². The fraction of sp³-hybridized carbons (Fsp3) is 0.111. The summed E-state index contributed by atoms with van der Waals surface area (Å²) in [5.41, 5.74) is -0.199. The van der Waals surface area contributed by atoms with Gasteiger partial charge in [-0.3, -0.25) is 9.78 Å². The summed E-state index contributed by atoms with van der Waals surface area (Å²) in [6.07, 6.45) is -3.79. The Hall–Kier alpha value is -1.85. The lowest BCUT2D eigenvalue weighted by atomic mass is 10.2. The molecule has 3 nitrogen and oxygen atoms in total. The first kappa shape index (κ1) is 11.2. The Morgan fingerprint density at radius 2 is 2.07 bits per heavy atom. The maximum absolute atomic E-state index is 11.8. The lowest BCUT2D eigenvalue weighted by Crippen LogP contribution is -2.22. The molecular weight excluding hydrogens is 211 g/mol. The third-order valence-corrected chi connectivity index (χ3v) is 1.46. The number of aromatic nitrogens is 1. The second-order valence-corrected chi connectivity index (χ2v) is 2.59. The number of hydrogen-bond acceptors (Lipinski definition) is 3. The minimum atomic E-state index is -5.02. The second kappa shape index (κ2) is 4.12. The van der Waals surface area contributed by atoms with Gasteiger partial charge in [0.15, 0.2) is 0 Å². The van der Waals surface area contributed by atoms with Crippen LogP contribution in [-0.4, -0.2) is 16.9 Å². The van der Waals surface area contributed by atoms with Crippen LogP contribution in [0.25, 0.3) is 5.76 Å². The zero-order chi connectivity index (χ0) is 11.5. The molecule has 0 fully saturated rings. The molecule has 0 saturated carbocycles. The first-order chi connectivity index (χ1) is 6.91. The van der Waals surface area contributed by atoms with E-state index in [4.69, 9.17) is 0 Å². The lowest BCUT2D eigenvalue weighted by Gasteiger charge is -2.10. The van der Waals surface area contributed by atoms with Crippen molar-refractivity contribution in [2.45, 2.75) is 6.18 Å². The minimum Gasteiger partial charge on any atom is -0.871 e. The third-order valence-electron chi connectivity index (χ3n) is 1.46. The molecule has 0 aliphatic rings. The van der Waals surface area contributed by atoms with E-state index in [1.165, 1.54) is 24.4 Å². The number of halogens is 3. The van der Waals surface area contributed by atoms with Crippen LogP contribution in [0.3, 0.4) is 0 Å². The fourth-order valence-corrected chi connectivity index (χ4v) is 0.783. The van der Waals surface area contributed by atoms with Crippen molar-refractivity contribution in [2.75, 3.05) is 0 Å². The van der Waals surface area contributed by atoms with Crippen molar-refractivity contribution in [3.05, 3.63) is 36.2 Å². The molecule has 0 radical (unpaired) electrons. The topological polar surface area (TPSA) is 53.0 Å². The molecule has 1 heterocycles. The average Bonchev–Trinajstić information content (AvgIpc) is 2.17. The molecule has 15 heavy (non-hydrogen) atoms. The Morgan fingerprint density at radius 1 is 1.40 bits per heavy atom. The zero-order valence-electron chi connectivity index (χ0n) is 7.28. The van der Waals surface area contributed by atoms with Crippen molar-refractivity contribution in [1.82, 2.24) is 4.98 Å². The van der Waals surface area contributed by atoms with E-state index in [1.807, 2.05) is 0 Å². The highest BCUT2D eigenvalue weighted by atomic mass is 19.4. The molecule has 0 atom stereocenters. The van der Waals surface area contributed by atoms with Crippen LogP contribution in [0.2, 0.25) is 0 Å². The van der Waals surface area contributed by atoms with Gasteiger partial charge < -0.3 is 5.11 Å². The number of rotatable bonds is 2. The first-order valence-corrected chi connectivity index (χ1v) is 3.82. The summed E-state index contributed by atoms with van der Waals surface area (Å²) in [5.74, 6) is -3.24. The number of allylic oxidation sites excluding steroid dienone is 1. The summed E-state index contributed by atoms with van der Waals surface area (Å²) >= 11 is 0. The molecule has 1 aromatic rings. The molecule has 1 rings (SSSR count). The van der Waals surface area contributed by atoms with Crippen LogP contribution in [0.5, 0.6) is 0 Å². The molecular formula is C9H5F3NO2-. The molecule has 0 unspecified atom stereocenters. The van der Waals surface area contributed by atoms with Gasteiger partial charge >= 0.3 is 6.18 Å². The maximum Gasteiger partial charge on any atom is 0.454 e. The lowest BCUT2D eigenvalue weighted by molar-refractivity contribution is -0.244. The van der Waals surface area contributed by atoms with E-state index in [1.54, 1.807) is 0 Å². The van der Waals surface area contributed by atoms with Crippen LogP contribution < -0.4 is 5.11 Å². The molecule has 0 aliphatic carbocycles. The summed E-state index contributed by atoms with van der Waals surface area (Å²) in [6.45, 7) is 0. The molecule has 1 aromatic heterocycles. The molecule has 0 saturated heterocycles. The summed E-state index contributed by atoms with van der Waals surface area (Å²) < 4.78 is 35.3. The smallest absolute Gasteiger partial charge is 0.454 e. The highest BCUT2D eigenvalue weighted by Crippen LogP contribution is 2.18. The van der Waals surface area contributed by atoms with Gasteiger partial charge in [-0.05, 0) is 18.2 Å². The number of carbonyl (C=O) groups excluding carboxylic acids is 1. The van der Waals surface area contributed by atoms with Crippen LogP contribution in [-0.2, 0) is 4.79 Å². The standard InChI is InChI=1S/C9H6F3NO2/c10-9(11,12)8(15)5-7(14)6-3-1-2-4-13-6/h1-5,14H/p-1. The highest BCUT2D eigenvalue weighted by molar-refractivity contribution is 5.98. The van der Waals surface area contributed by atoms with Crippen molar-refractivity contribution < 1.29 is 23.1 Å². The Morgan fingerprint density at radius 3 is 2.53 bits per heavy atom. The van der Waals surface area contributed by atoms with Crippen LogP contribution in [0.1, 0.15) is 5.69 Å². The van der Waals surface area contributed by atoms with Crippen molar-refractivity contribution in [2.24, 2.45) is 0 Å². The fourth-order valence-electron chi connectivity index (χ4n) is 0.783. The molecule has 0 amide bonds. The summed E-state index contributed by atoms with van der Waals surface area (Å²) in [7, 11) is 0. The van der Waals surface area contributed by atoms with Gasteiger partial charge in [-0.25, -0.2) is 0 Å². The number of nitrogens with zero attached hydrogens (tertiary/aromatic N) is 1. The molecule has 80 valence electrons. The Kier molecular flexibility index (Phi) is 3.08. The van der Waals surface area contributed by atoms with E-state index in [9.17, 15) is 23.1 Å². The molecule has 6 heteroatoms. The van der Waals surface area contributed by atoms with E-state index < -0.39 is 17.7 Å². The predicted molar refractivity (Wildman–Crippen MR) is 43.3 cm³/mol. The van der Waals surface area contributed by atoms with Gasteiger partial charge in [0.2, 0.25) is 0 Å². The van der Waals surface area contributed by atoms with E-state index in [0.717, 1.165) is 0 Å². The molecule has 0 N–H and O–H groups in total. The summed E-state index contributed by atoms with van der Waals surface area (Å²) in [6, 6.07) is 4.16. The number of carbonyl (C=O) groups is 1. The number of ketones is 1. The quantitative estimate of drug-likeness (QED) is 0.545. The maximum atomic E-state index is 11.8. The normalized spacial score (nSPS) is 12.6. The Balaban J connectivity index is 2.91. The van der Waals surface area contributed by atoms with Crippen molar-refractivity contribution in [3.63, 3.8) is 0 Å². The minimum absolute atomic E-state index is 0.0116. The summed E-state index contributed by atoms with van der Waals surface area (Å²) in [5, 5.41) is 11.1. The third kappa shape index (κ3) is 3.08. The zero-order valence-corrected chi connectivity index (χ0v) is 7.28. The monoisotopic (exact) mass is 216 g/mol. The predicted octanol–water partition coefficient (Wildman–Crippen LogP) is 0.914. The molecule has 0 aromatic carbocycles. The van der Waals surface area contributed by atoms with E-state index in [0.29, 0.717) is 0 Å². The molecule has 0 spiro atoms. The van der Waals surface area contributed by atoms with Gasteiger partial charge in [0.1, 0.15) is 0 Å². The number of pyridine rings is 1. The van der Waals surface area contributed by atoms with E-state index in [-0.39, 0.29) is 11.8 Å². The Bertz CT molecular complexity index is 384. The highest BCUT2D eigenvalue weighted by Gasteiger charge is 2.36. The van der Waals surface area contributed by atoms with Gasteiger partial charge in [0.25, 0.3) is 5.78 Å². The van der Waals surface area contributed by atoms with Crippen molar-refractivity contribution >= 4 is 11.5 Å². The Labute approximate surface area is 82.9 Å². The van der Waals surface area contributed by atoms with Crippen LogP contribution in [0.15, 0.2) is 30.5 Å². The largest absolute Gasteiger partial charge is 0.871 e. The van der Waals surface area contributed by atoms with Gasteiger partial charge in [0.05, 0.1) is 5.69 Å². The van der Waals surface area contributed by atoms with Gasteiger partial charge in [0, 0.05) is 6.20 Å². The van der Waals surface area contributed by atoms with E-state index in [2.05, 4.69) is 4.98 Å². The SMILES string of the molecule is O=C(C=C([O-])c1ccccn1)C(F)(F)F. The average molecular weight is 216 g/mol. The van der Waals surface area contributed by atoms with Crippen LogP contribution in [0.4, 0.5) is 13.2 Å². The van der Waals surface area contributed by atoms with Gasteiger partial charge in [-0.1, -0.05) is 11.8 Å². The second-order valence-electron chi connectivity index (χ2n) is 2.59. The van der Waals surface area contributed by atoms with Crippen molar-refractivity contribution in [3.8, 4) is 0 Å². The molecule has 0 aliphatic heterocycles. The van der Waals surface area contributed by atoms with Gasteiger partial charge in [-0.15, -0.1) is 0 Å². The van der Waals surface area contributed by atoms with Crippen molar-refractivity contribution in [1.29, 1.82) is 0 Å². The first-order valence-electron chi connectivity index (χ1n) is 3.82. The number of alkyl halides is 3. The van der Waals surface area contributed by atoms with Gasteiger partial charge in [-0.2, -0.15) is 13.2 Å². The molecule has 0 bridgehead atoms. The van der Waals surface area contributed by atoms with Crippen LogP contribution in [0, 0.1) is 0 Å².